The van der Waals surface area contributed by atoms with Crippen LogP contribution in [0.5, 0.6) is 0 Å². The van der Waals surface area contributed by atoms with Gasteiger partial charge in [0.2, 0.25) is 5.91 Å². The molecule has 0 saturated heterocycles. The SMILES string of the molecule is O=C(NC(CBr)c1ccccc1)C1Cc2ccccc2S1. The minimum absolute atomic E-state index is 0.0167. The quantitative estimate of drug-likeness (QED) is 0.835. The van der Waals surface area contributed by atoms with Crippen LogP contribution in [-0.4, -0.2) is 16.5 Å². The Morgan fingerprint density at radius 1 is 1.19 bits per heavy atom. The summed E-state index contributed by atoms with van der Waals surface area (Å²) in [6.45, 7) is 0. The van der Waals surface area contributed by atoms with Crippen molar-refractivity contribution in [3.05, 3.63) is 65.7 Å². The van der Waals surface area contributed by atoms with E-state index >= 15 is 0 Å². The highest BCUT2D eigenvalue weighted by molar-refractivity contribution is 9.09. The average molecular weight is 362 g/mol. The largest absolute Gasteiger partial charge is 0.347 e. The molecule has 1 N–H and O–H groups in total. The molecule has 1 aliphatic rings. The Balaban J connectivity index is 1.67. The van der Waals surface area contributed by atoms with E-state index in [1.807, 2.05) is 42.5 Å². The van der Waals surface area contributed by atoms with Gasteiger partial charge in [-0.05, 0) is 23.6 Å². The van der Waals surface area contributed by atoms with E-state index in [1.54, 1.807) is 11.8 Å². The van der Waals surface area contributed by atoms with E-state index in [4.69, 9.17) is 0 Å². The minimum Gasteiger partial charge on any atom is -0.347 e. The van der Waals surface area contributed by atoms with Crippen molar-refractivity contribution >= 4 is 33.6 Å². The van der Waals surface area contributed by atoms with Crippen molar-refractivity contribution in [2.75, 3.05) is 5.33 Å². The number of hydrogen-bond acceptors (Lipinski definition) is 2. The van der Waals surface area contributed by atoms with Crippen LogP contribution >= 0.6 is 27.7 Å². The summed E-state index contributed by atoms with van der Waals surface area (Å²) in [5.41, 5.74) is 2.40. The van der Waals surface area contributed by atoms with E-state index < -0.39 is 0 Å². The van der Waals surface area contributed by atoms with Crippen molar-refractivity contribution in [2.45, 2.75) is 22.6 Å². The van der Waals surface area contributed by atoms with Crippen LogP contribution in [0.15, 0.2) is 59.5 Å². The predicted molar refractivity (Wildman–Crippen MR) is 90.9 cm³/mol. The van der Waals surface area contributed by atoms with Crippen LogP contribution < -0.4 is 5.32 Å². The number of benzene rings is 2. The number of halogens is 1. The van der Waals surface area contributed by atoms with Gasteiger partial charge in [0.25, 0.3) is 0 Å². The van der Waals surface area contributed by atoms with Crippen LogP contribution in [0.3, 0.4) is 0 Å². The third-order valence-electron chi connectivity index (χ3n) is 3.61. The van der Waals surface area contributed by atoms with Gasteiger partial charge in [0, 0.05) is 10.2 Å². The molecule has 2 nitrogen and oxygen atoms in total. The molecule has 108 valence electrons. The zero-order valence-corrected chi connectivity index (χ0v) is 13.9. The van der Waals surface area contributed by atoms with Crippen LogP contribution in [0.1, 0.15) is 17.2 Å². The second kappa shape index (κ2) is 6.67. The Morgan fingerprint density at radius 2 is 1.90 bits per heavy atom. The first-order valence-electron chi connectivity index (χ1n) is 6.94. The molecule has 3 rings (SSSR count). The van der Waals surface area contributed by atoms with Gasteiger partial charge in [-0.25, -0.2) is 0 Å². The maximum absolute atomic E-state index is 12.5. The van der Waals surface area contributed by atoms with Crippen molar-refractivity contribution in [3.8, 4) is 0 Å². The van der Waals surface area contributed by atoms with E-state index in [9.17, 15) is 4.79 Å². The zero-order valence-electron chi connectivity index (χ0n) is 11.5. The van der Waals surface area contributed by atoms with Gasteiger partial charge < -0.3 is 5.32 Å². The maximum atomic E-state index is 12.5. The first-order valence-corrected chi connectivity index (χ1v) is 8.94. The Morgan fingerprint density at radius 3 is 2.62 bits per heavy atom. The van der Waals surface area contributed by atoms with Gasteiger partial charge in [0.1, 0.15) is 0 Å². The molecule has 0 spiro atoms. The number of rotatable bonds is 4. The molecular weight excluding hydrogens is 346 g/mol. The lowest BCUT2D eigenvalue weighted by molar-refractivity contribution is -0.121. The zero-order chi connectivity index (χ0) is 14.7. The maximum Gasteiger partial charge on any atom is 0.234 e. The van der Waals surface area contributed by atoms with Crippen molar-refractivity contribution in [1.29, 1.82) is 0 Å². The highest BCUT2D eigenvalue weighted by Gasteiger charge is 2.29. The second-order valence-corrected chi connectivity index (χ2v) is 6.94. The van der Waals surface area contributed by atoms with Gasteiger partial charge in [-0.1, -0.05) is 64.5 Å². The highest BCUT2D eigenvalue weighted by atomic mass is 79.9. The molecule has 4 heteroatoms. The number of amides is 1. The number of carbonyl (C=O) groups is 1. The summed E-state index contributed by atoms with van der Waals surface area (Å²) in [4.78, 5) is 13.7. The summed E-state index contributed by atoms with van der Waals surface area (Å²) in [6.07, 6.45) is 0.816. The van der Waals surface area contributed by atoms with E-state index in [1.165, 1.54) is 10.5 Å². The molecule has 0 fully saturated rings. The fourth-order valence-electron chi connectivity index (χ4n) is 2.49. The molecule has 21 heavy (non-hydrogen) atoms. The van der Waals surface area contributed by atoms with Gasteiger partial charge in [0.05, 0.1) is 11.3 Å². The molecule has 1 heterocycles. The number of nitrogens with one attached hydrogen (secondary N) is 1. The molecular formula is C17H16BrNOS. The number of hydrogen-bond donors (Lipinski definition) is 1. The van der Waals surface area contributed by atoms with Crippen molar-refractivity contribution < 1.29 is 4.79 Å². The normalized spacial score (nSPS) is 18.0. The lowest BCUT2D eigenvalue weighted by Crippen LogP contribution is -2.36. The van der Waals surface area contributed by atoms with Crippen molar-refractivity contribution in [1.82, 2.24) is 5.32 Å². The number of fused-ring (bicyclic) bond motifs is 1. The molecule has 1 amide bonds. The monoisotopic (exact) mass is 361 g/mol. The van der Waals surface area contributed by atoms with Crippen LogP contribution in [0.4, 0.5) is 0 Å². The average Bonchev–Trinajstić information content (AvgIpc) is 2.97. The number of thioether (sulfide) groups is 1. The van der Waals surface area contributed by atoms with Crippen molar-refractivity contribution in [3.63, 3.8) is 0 Å². The Bertz CT molecular complexity index is 607. The van der Waals surface area contributed by atoms with E-state index in [2.05, 4.69) is 33.4 Å². The van der Waals surface area contributed by atoms with Gasteiger partial charge >= 0.3 is 0 Å². The Kier molecular flexibility index (Phi) is 4.66. The summed E-state index contributed by atoms with van der Waals surface area (Å²) < 4.78 is 0. The second-order valence-electron chi connectivity index (χ2n) is 5.04. The smallest absolute Gasteiger partial charge is 0.234 e. The van der Waals surface area contributed by atoms with Gasteiger partial charge in [0.15, 0.2) is 0 Å². The molecule has 0 radical (unpaired) electrons. The van der Waals surface area contributed by atoms with Crippen LogP contribution in [0.25, 0.3) is 0 Å². The fourth-order valence-corrected chi connectivity index (χ4v) is 4.23. The van der Waals surface area contributed by atoms with E-state index in [-0.39, 0.29) is 17.2 Å². The summed E-state index contributed by atoms with van der Waals surface area (Å²) in [5.74, 6) is 0.115. The standard InChI is InChI=1S/C17H16BrNOS/c18-11-14(12-6-2-1-3-7-12)19-17(20)16-10-13-8-4-5-9-15(13)21-16/h1-9,14,16H,10-11H2,(H,19,20). The lowest BCUT2D eigenvalue weighted by Gasteiger charge is -2.19. The molecule has 2 aromatic rings. The Hall–Kier alpha value is -1.26. The summed E-state index contributed by atoms with van der Waals surface area (Å²) >= 11 is 5.16. The third kappa shape index (κ3) is 3.33. The van der Waals surface area contributed by atoms with Crippen LogP contribution in [-0.2, 0) is 11.2 Å². The van der Waals surface area contributed by atoms with E-state index in [0.717, 1.165) is 12.0 Å². The predicted octanol–water partition coefficient (Wildman–Crippen LogP) is 3.96. The molecule has 0 aromatic heterocycles. The minimum atomic E-state index is -0.0207. The third-order valence-corrected chi connectivity index (χ3v) is 5.58. The topological polar surface area (TPSA) is 29.1 Å². The highest BCUT2D eigenvalue weighted by Crippen LogP contribution is 2.37. The summed E-state index contributed by atoms with van der Waals surface area (Å²) in [5, 5.41) is 3.85. The Labute approximate surface area is 137 Å². The lowest BCUT2D eigenvalue weighted by atomic mass is 10.1. The molecule has 2 aromatic carbocycles. The van der Waals surface area contributed by atoms with Gasteiger partial charge in [-0.2, -0.15) is 0 Å². The first kappa shape index (κ1) is 14.7. The molecule has 2 atom stereocenters. The molecule has 1 aliphatic heterocycles. The number of carbonyl (C=O) groups excluding carboxylic acids is 1. The molecule has 0 bridgehead atoms. The van der Waals surface area contributed by atoms with Gasteiger partial charge in [-0.3, -0.25) is 4.79 Å². The van der Waals surface area contributed by atoms with Gasteiger partial charge in [-0.15, -0.1) is 11.8 Å². The van der Waals surface area contributed by atoms with Crippen molar-refractivity contribution in [2.24, 2.45) is 0 Å². The first-order chi connectivity index (χ1) is 10.3. The molecule has 0 aliphatic carbocycles. The fraction of sp³-hybridized carbons (Fsp3) is 0.235. The molecule has 2 unspecified atom stereocenters. The number of alkyl halides is 1. The summed E-state index contributed by atoms with van der Waals surface area (Å²) in [7, 11) is 0. The van der Waals surface area contributed by atoms with Crippen LogP contribution in [0.2, 0.25) is 0 Å². The molecule has 0 saturated carbocycles. The van der Waals surface area contributed by atoms with E-state index in [0.29, 0.717) is 5.33 Å². The van der Waals surface area contributed by atoms with Crippen LogP contribution in [0, 0.1) is 0 Å². The summed E-state index contributed by atoms with van der Waals surface area (Å²) in [6, 6.07) is 18.3.